The molecule has 4 rings (SSSR count). The summed E-state index contributed by atoms with van der Waals surface area (Å²) >= 11 is 1.28. The topological polar surface area (TPSA) is 96.7 Å². The zero-order chi connectivity index (χ0) is 19.6. The summed E-state index contributed by atoms with van der Waals surface area (Å²) in [6.07, 6.45) is 3.63. The maximum atomic E-state index is 12.5. The third kappa shape index (κ3) is 3.89. The van der Waals surface area contributed by atoms with Crippen LogP contribution in [0.2, 0.25) is 0 Å². The van der Waals surface area contributed by atoms with Gasteiger partial charge in [0.1, 0.15) is 0 Å². The molecule has 8 nitrogen and oxygen atoms in total. The van der Waals surface area contributed by atoms with Gasteiger partial charge in [0.05, 0.1) is 10.6 Å². The number of nitrogens with zero attached hydrogens (tertiary/aromatic N) is 4. The van der Waals surface area contributed by atoms with Gasteiger partial charge in [-0.25, -0.2) is 8.42 Å². The number of anilines is 1. The summed E-state index contributed by atoms with van der Waals surface area (Å²) in [5, 5.41) is 11.5. The lowest BCUT2D eigenvalue weighted by Gasteiger charge is -2.15. The van der Waals surface area contributed by atoms with Gasteiger partial charge in [0.2, 0.25) is 15.9 Å². The number of aromatic nitrogens is 3. The quantitative estimate of drug-likeness (QED) is 0.618. The van der Waals surface area contributed by atoms with E-state index in [1.807, 2.05) is 28.8 Å². The van der Waals surface area contributed by atoms with Gasteiger partial charge in [0.25, 0.3) is 0 Å². The molecule has 3 heterocycles. The van der Waals surface area contributed by atoms with E-state index >= 15 is 0 Å². The number of hydrogen-bond acceptors (Lipinski definition) is 6. The van der Waals surface area contributed by atoms with Gasteiger partial charge in [-0.3, -0.25) is 9.20 Å². The maximum absolute atomic E-state index is 12.5. The first kappa shape index (κ1) is 18.9. The molecule has 0 unspecified atom stereocenters. The molecule has 0 aliphatic carbocycles. The fraction of sp³-hybridized carbons (Fsp3) is 0.278. The number of carbonyl (C=O) groups is 1. The lowest BCUT2D eigenvalue weighted by atomic mass is 10.3. The number of fused-ring (bicyclic) bond motifs is 1. The number of benzene rings is 1. The SMILES string of the molecule is O=C(CSc1nnc2ccccn12)Nc1ccc(S(=O)(=O)N2CCCC2)cc1. The Kier molecular flexibility index (Phi) is 5.33. The summed E-state index contributed by atoms with van der Waals surface area (Å²) in [6, 6.07) is 11.9. The standard InChI is InChI=1S/C18H19N5O3S2/c24-17(13-27-18-21-20-16-5-1-2-12-23(16)18)19-14-6-8-15(9-7-14)28(25,26)22-10-3-4-11-22/h1-2,5-9,12H,3-4,10-11,13H2,(H,19,24). The predicted octanol–water partition coefficient (Wildman–Crippen LogP) is 2.24. The highest BCUT2D eigenvalue weighted by Crippen LogP contribution is 2.22. The molecule has 0 bridgehead atoms. The zero-order valence-corrected chi connectivity index (χ0v) is 16.6. The van der Waals surface area contributed by atoms with Crippen LogP contribution < -0.4 is 5.32 Å². The van der Waals surface area contributed by atoms with E-state index in [2.05, 4.69) is 15.5 Å². The van der Waals surface area contributed by atoms with Crippen LogP contribution in [0.5, 0.6) is 0 Å². The Bertz CT molecular complexity index is 1090. The van der Waals surface area contributed by atoms with Gasteiger partial charge in [0, 0.05) is 25.0 Å². The largest absolute Gasteiger partial charge is 0.325 e. The van der Waals surface area contributed by atoms with Crippen molar-refractivity contribution < 1.29 is 13.2 Å². The highest BCUT2D eigenvalue weighted by Gasteiger charge is 2.26. The van der Waals surface area contributed by atoms with E-state index in [4.69, 9.17) is 0 Å². The minimum absolute atomic E-state index is 0.170. The van der Waals surface area contributed by atoms with Gasteiger partial charge in [-0.15, -0.1) is 10.2 Å². The number of nitrogens with one attached hydrogen (secondary N) is 1. The van der Waals surface area contributed by atoms with E-state index in [1.165, 1.54) is 28.2 Å². The highest BCUT2D eigenvalue weighted by atomic mass is 32.2. The number of sulfonamides is 1. The van der Waals surface area contributed by atoms with E-state index in [0.717, 1.165) is 18.5 Å². The van der Waals surface area contributed by atoms with Crippen molar-refractivity contribution in [1.82, 2.24) is 18.9 Å². The average molecular weight is 418 g/mol. The molecule has 3 aromatic rings. The third-order valence-corrected chi connectivity index (χ3v) is 7.31. The van der Waals surface area contributed by atoms with Crippen LogP contribution in [0.4, 0.5) is 5.69 Å². The molecular formula is C18H19N5O3S2. The van der Waals surface area contributed by atoms with Crippen molar-refractivity contribution >= 4 is 39.0 Å². The van der Waals surface area contributed by atoms with Crippen molar-refractivity contribution in [1.29, 1.82) is 0 Å². The third-order valence-electron chi connectivity index (χ3n) is 4.46. The minimum Gasteiger partial charge on any atom is -0.325 e. The smallest absolute Gasteiger partial charge is 0.243 e. The van der Waals surface area contributed by atoms with Crippen LogP contribution in [0, 0.1) is 0 Å². The molecule has 1 amide bonds. The van der Waals surface area contributed by atoms with Gasteiger partial charge in [-0.1, -0.05) is 17.8 Å². The molecule has 0 radical (unpaired) electrons. The Morgan fingerprint density at radius 3 is 2.57 bits per heavy atom. The van der Waals surface area contributed by atoms with Crippen molar-refractivity contribution in [3.63, 3.8) is 0 Å². The lowest BCUT2D eigenvalue weighted by molar-refractivity contribution is -0.113. The van der Waals surface area contributed by atoms with Crippen molar-refractivity contribution in [3.8, 4) is 0 Å². The van der Waals surface area contributed by atoms with E-state index in [-0.39, 0.29) is 16.6 Å². The summed E-state index contributed by atoms with van der Waals surface area (Å²) in [7, 11) is -3.45. The minimum atomic E-state index is -3.45. The van der Waals surface area contributed by atoms with E-state index in [0.29, 0.717) is 23.9 Å². The molecule has 146 valence electrons. The normalized spacial score (nSPS) is 15.1. The number of hydrogen-bond donors (Lipinski definition) is 1. The predicted molar refractivity (Wildman–Crippen MR) is 107 cm³/mol. The molecule has 1 aromatic carbocycles. The Balaban J connectivity index is 1.37. The molecule has 0 atom stereocenters. The molecular weight excluding hydrogens is 398 g/mol. The first-order valence-corrected chi connectivity index (χ1v) is 11.3. The molecule has 1 aliphatic heterocycles. The van der Waals surface area contributed by atoms with Crippen LogP contribution >= 0.6 is 11.8 Å². The van der Waals surface area contributed by atoms with Crippen LogP contribution in [0.25, 0.3) is 5.65 Å². The summed E-state index contributed by atoms with van der Waals surface area (Å²) < 4.78 is 28.4. The Morgan fingerprint density at radius 2 is 1.82 bits per heavy atom. The number of thioether (sulfide) groups is 1. The molecule has 1 N–H and O–H groups in total. The molecule has 10 heteroatoms. The van der Waals surface area contributed by atoms with Crippen LogP contribution in [-0.2, 0) is 14.8 Å². The summed E-state index contributed by atoms with van der Waals surface area (Å²) in [4.78, 5) is 12.5. The lowest BCUT2D eigenvalue weighted by Crippen LogP contribution is -2.27. The maximum Gasteiger partial charge on any atom is 0.243 e. The molecule has 1 fully saturated rings. The number of rotatable bonds is 6. The Hall–Kier alpha value is -2.43. The van der Waals surface area contributed by atoms with Gasteiger partial charge in [-0.2, -0.15) is 4.31 Å². The summed E-state index contributed by atoms with van der Waals surface area (Å²) in [5.74, 6) is -0.0309. The number of pyridine rings is 1. The van der Waals surface area contributed by atoms with Crippen molar-refractivity contribution in [2.24, 2.45) is 0 Å². The number of amides is 1. The van der Waals surface area contributed by atoms with E-state index in [9.17, 15) is 13.2 Å². The van der Waals surface area contributed by atoms with E-state index < -0.39 is 10.0 Å². The molecule has 1 aliphatic rings. The summed E-state index contributed by atoms with van der Waals surface area (Å²) in [5.41, 5.74) is 1.28. The molecule has 0 spiro atoms. The molecule has 1 saturated heterocycles. The Morgan fingerprint density at radius 1 is 1.07 bits per heavy atom. The van der Waals surface area contributed by atoms with Crippen molar-refractivity contribution in [2.45, 2.75) is 22.9 Å². The average Bonchev–Trinajstić information content (AvgIpc) is 3.37. The fourth-order valence-corrected chi connectivity index (χ4v) is 5.27. The zero-order valence-electron chi connectivity index (χ0n) is 15.0. The second kappa shape index (κ2) is 7.90. The molecule has 0 saturated carbocycles. The van der Waals surface area contributed by atoms with Gasteiger partial charge < -0.3 is 5.32 Å². The first-order chi connectivity index (χ1) is 13.5. The second-order valence-electron chi connectivity index (χ2n) is 6.38. The first-order valence-electron chi connectivity index (χ1n) is 8.87. The second-order valence-corrected chi connectivity index (χ2v) is 9.26. The Labute approximate surface area is 167 Å². The van der Waals surface area contributed by atoms with Crippen LogP contribution in [0.15, 0.2) is 58.7 Å². The fourth-order valence-electron chi connectivity index (χ4n) is 3.03. The summed E-state index contributed by atoms with van der Waals surface area (Å²) in [6.45, 7) is 1.13. The molecule has 28 heavy (non-hydrogen) atoms. The van der Waals surface area contributed by atoms with Crippen molar-refractivity contribution in [3.05, 3.63) is 48.7 Å². The van der Waals surface area contributed by atoms with Gasteiger partial charge in [0.15, 0.2) is 10.8 Å². The van der Waals surface area contributed by atoms with Gasteiger partial charge >= 0.3 is 0 Å². The van der Waals surface area contributed by atoms with Crippen molar-refractivity contribution in [2.75, 3.05) is 24.2 Å². The van der Waals surface area contributed by atoms with Crippen LogP contribution in [-0.4, -0.2) is 52.1 Å². The highest BCUT2D eigenvalue weighted by molar-refractivity contribution is 7.99. The monoisotopic (exact) mass is 417 g/mol. The van der Waals surface area contributed by atoms with Gasteiger partial charge in [-0.05, 0) is 49.2 Å². The van der Waals surface area contributed by atoms with Crippen LogP contribution in [0.3, 0.4) is 0 Å². The number of carbonyl (C=O) groups excluding carboxylic acids is 1. The van der Waals surface area contributed by atoms with E-state index in [1.54, 1.807) is 12.1 Å². The van der Waals surface area contributed by atoms with Crippen LogP contribution in [0.1, 0.15) is 12.8 Å². The molecule has 2 aromatic heterocycles.